The number of benzene rings is 1. The zero-order valence-electron chi connectivity index (χ0n) is 13.0. The predicted molar refractivity (Wildman–Crippen MR) is 86.2 cm³/mol. The van der Waals surface area contributed by atoms with Crippen molar-refractivity contribution in [3.63, 3.8) is 0 Å². The van der Waals surface area contributed by atoms with Gasteiger partial charge in [0.2, 0.25) is 5.95 Å². The molecule has 1 aromatic heterocycles. The average Bonchev–Trinajstić information content (AvgIpc) is 2.93. The maximum absolute atomic E-state index is 4.56. The Labute approximate surface area is 126 Å². The second kappa shape index (κ2) is 5.96. The molecule has 0 aliphatic heterocycles. The third kappa shape index (κ3) is 3.31. The van der Waals surface area contributed by atoms with Gasteiger partial charge in [0.05, 0.1) is 5.52 Å². The Hall–Kier alpha value is -1.71. The van der Waals surface area contributed by atoms with Gasteiger partial charge in [-0.1, -0.05) is 38.8 Å². The van der Waals surface area contributed by atoms with E-state index in [1.54, 1.807) is 0 Å². The second-order valence-corrected chi connectivity index (χ2v) is 6.78. The quantitative estimate of drug-likeness (QED) is 0.900. The third-order valence-electron chi connectivity index (χ3n) is 4.49. The number of aromatic nitrogens is 3. The number of rotatable bonds is 5. The van der Waals surface area contributed by atoms with E-state index >= 15 is 0 Å². The van der Waals surface area contributed by atoms with Gasteiger partial charge >= 0.3 is 0 Å². The largest absolute Gasteiger partial charge is 0.352 e. The first kappa shape index (κ1) is 14.2. The Kier molecular flexibility index (Phi) is 4.04. The van der Waals surface area contributed by atoms with Gasteiger partial charge in [0.25, 0.3) is 0 Å². The zero-order valence-corrected chi connectivity index (χ0v) is 13.0. The molecule has 4 nitrogen and oxygen atoms in total. The van der Waals surface area contributed by atoms with Crippen LogP contribution in [0.3, 0.4) is 0 Å². The van der Waals surface area contributed by atoms with Crippen LogP contribution in [-0.2, 0) is 0 Å². The second-order valence-electron chi connectivity index (χ2n) is 6.78. The Morgan fingerprint density at radius 3 is 2.52 bits per heavy atom. The normalized spacial score (nSPS) is 17.5. The van der Waals surface area contributed by atoms with Gasteiger partial charge in [-0.15, -0.1) is 10.2 Å². The fourth-order valence-corrected chi connectivity index (χ4v) is 3.67. The van der Waals surface area contributed by atoms with Crippen LogP contribution in [0.5, 0.6) is 0 Å². The smallest absolute Gasteiger partial charge is 0.243 e. The van der Waals surface area contributed by atoms with Crippen LogP contribution < -0.4 is 5.32 Å². The SMILES string of the molecule is CC(C)CC1(CNc2nnc3ccccc3n2)CCCC1. The molecule has 112 valence electrons. The van der Waals surface area contributed by atoms with E-state index in [4.69, 9.17) is 0 Å². The van der Waals surface area contributed by atoms with Gasteiger partial charge in [0, 0.05) is 6.54 Å². The van der Waals surface area contributed by atoms with Crippen LogP contribution in [0, 0.1) is 11.3 Å². The summed E-state index contributed by atoms with van der Waals surface area (Å²) in [6, 6.07) is 7.87. The molecule has 2 aromatic rings. The van der Waals surface area contributed by atoms with Gasteiger partial charge in [-0.2, -0.15) is 0 Å². The molecule has 4 heteroatoms. The van der Waals surface area contributed by atoms with Gasteiger partial charge in [-0.25, -0.2) is 4.98 Å². The van der Waals surface area contributed by atoms with Gasteiger partial charge in [-0.3, -0.25) is 0 Å². The Morgan fingerprint density at radius 1 is 1.10 bits per heavy atom. The molecule has 3 rings (SSSR count). The first-order chi connectivity index (χ1) is 10.2. The van der Waals surface area contributed by atoms with Gasteiger partial charge in [-0.05, 0) is 42.7 Å². The highest BCUT2D eigenvalue weighted by Gasteiger charge is 2.34. The van der Waals surface area contributed by atoms with Crippen LogP contribution in [0.2, 0.25) is 0 Å². The lowest BCUT2D eigenvalue weighted by Crippen LogP contribution is -2.29. The van der Waals surface area contributed by atoms with E-state index in [0.717, 1.165) is 23.5 Å². The minimum Gasteiger partial charge on any atom is -0.352 e. The van der Waals surface area contributed by atoms with Crippen molar-refractivity contribution in [2.24, 2.45) is 11.3 Å². The lowest BCUT2D eigenvalue weighted by molar-refractivity contribution is 0.252. The van der Waals surface area contributed by atoms with Gasteiger partial charge in [0.15, 0.2) is 0 Å². The van der Waals surface area contributed by atoms with Crippen molar-refractivity contribution in [1.82, 2.24) is 15.2 Å². The molecular weight excluding hydrogens is 260 g/mol. The highest BCUT2D eigenvalue weighted by Crippen LogP contribution is 2.43. The molecule has 0 saturated heterocycles. The summed E-state index contributed by atoms with van der Waals surface area (Å²) in [7, 11) is 0. The molecule has 0 bridgehead atoms. The minimum atomic E-state index is 0.420. The molecule has 1 aliphatic carbocycles. The van der Waals surface area contributed by atoms with Crippen molar-refractivity contribution >= 4 is 17.0 Å². The molecule has 1 aliphatic rings. The molecule has 1 saturated carbocycles. The predicted octanol–water partition coefficient (Wildman–Crippen LogP) is 4.04. The van der Waals surface area contributed by atoms with Crippen molar-refractivity contribution in [2.45, 2.75) is 46.0 Å². The number of nitrogens with one attached hydrogen (secondary N) is 1. The fourth-order valence-electron chi connectivity index (χ4n) is 3.67. The van der Waals surface area contributed by atoms with E-state index in [-0.39, 0.29) is 0 Å². The molecule has 21 heavy (non-hydrogen) atoms. The summed E-state index contributed by atoms with van der Waals surface area (Å²) in [5, 5.41) is 11.9. The fraction of sp³-hybridized carbons (Fsp3) is 0.588. The van der Waals surface area contributed by atoms with E-state index in [0.29, 0.717) is 11.4 Å². The third-order valence-corrected chi connectivity index (χ3v) is 4.49. The van der Waals surface area contributed by atoms with Crippen LogP contribution in [0.15, 0.2) is 24.3 Å². The summed E-state index contributed by atoms with van der Waals surface area (Å²) >= 11 is 0. The Balaban J connectivity index is 1.72. The Morgan fingerprint density at radius 2 is 1.81 bits per heavy atom. The lowest BCUT2D eigenvalue weighted by atomic mass is 9.78. The highest BCUT2D eigenvalue weighted by atomic mass is 15.2. The standard InChI is InChI=1S/C17H24N4/c1-13(2)11-17(9-5-6-10-17)12-18-16-19-14-7-3-4-8-15(14)20-21-16/h3-4,7-8,13H,5-6,9-12H2,1-2H3,(H,18,19,21). The van der Waals surface area contributed by atoms with E-state index in [2.05, 4.69) is 34.3 Å². The van der Waals surface area contributed by atoms with Crippen molar-refractivity contribution in [3.05, 3.63) is 24.3 Å². The van der Waals surface area contributed by atoms with E-state index in [1.807, 2.05) is 24.3 Å². The maximum Gasteiger partial charge on any atom is 0.243 e. The van der Waals surface area contributed by atoms with Crippen LogP contribution in [0.4, 0.5) is 5.95 Å². The van der Waals surface area contributed by atoms with Crippen LogP contribution in [0.1, 0.15) is 46.0 Å². The van der Waals surface area contributed by atoms with Crippen molar-refractivity contribution in [2.75, 3.05) is 11.9 Å². The molecule has 0 spiro atoms. The van der Waals surface area contributed by atoms with Crippen molar-refractivity contribution in [1.29, 1.82) is 0 Å². The van der Waals surface area contributed by atoms with Crippen LogP contribution >= 0.6 is 0 Å². The molecule has 0 amide bonds. The monoisotopic (exact) mass is 284 g/mol. The summed E-state index contributed by atoms with van der Waals surface area (Å²) < 4.78 is 0. The van der Waals surface area contributed by atoms with E-state index in [1.165, 1.54) is 32.1 Å². The number of para-hydroxylation sites is 1. The number of nitrogens with zero attached hydrogens (tertiary/aromatic N) is 3. The maximum atomic E-state index is 4.56. The topological polar surface area (TPSA) is 50.7 Å². The van der Waals surface area contributed by atoms with Crippen LogP contribution in [-0.4, -0.2) is 21.7 Å². The molecule has 0 unspecified atom stereocenters. The minimum absolute atomic E-state index is 0.420. The molecule has 1 aromatic carbocycles. The van der Waals surface area contributed by atoms with Gasteiger partial charge in [0.1, 0.15) is 5.52 Å². The van der Waals surface area contributed by atoms with Crippen molar-refractivity contribution in [3.8, 4) is 0 Å². The summed E-state index contributed by atoms with van der Waals surface area (Å²) in [6.45, 7) is 5.59. The molecule has 1 heterocycles. The van der Waals surface area contributed by atoms with Crippen LogP contribution in [0.25, 0.3) is 11.0 Å². The molecule has 0 radical (unpaired) electrons. The summed E-state index contributed by atoms with van der Waals surface area (Å²) in [6.07, 6.45) is 6.62. The lowest BCUT2D eigenvalue weighted by Gasteiger charge is -2.31. The van der Waals surface area contributed by atoms with E-state index in [9.17, 15) is 0 Å². The molecular formula is C17H24N4. The molecule has 1 fully saturated rings. The Bertz CT molecular complexity index is 603. The zero-order chi connectivity index (χ0) is 14.7. The number of fused-ring (bicyclic) bond motifs is 1. The average molecular weight is 284 g/mol. The summed E-state index contributed by atoms with van der Waals surface area (Å²) in [5.41, 5.74) is 2.17. The molecule has 1 N–H and O–H groups in total. The van der Waals surface area contributed by atoms with Gasteiger partial charge < -0.3 is 5.32 Å². The number of anilines is 1. The van der Waals surface area contributed by atoms with Crippen molar-refractivity contribution < 1.29 is 0 Å². The summed E-state index contributed by atoms with van der Waals surface area (Å²) in [4.78, 5) is 4.56. The summed E-state index contributed by atoms with van der Waals surface area (Å²) in [5.74, 6) is 1.39. The first-order valence-corrected chi connectivity index (χ1v) is 8.00. The van der Waals surface area contributed by atoms with E-state index < -0.39 is 0 Å². The highest BCUT2D eigenvalue weighted by molar-refractivity contribution is 5.73. The number of hydrogen-bond acceptors (Lipinski definition) is 4. The molecule has 0 atom stereocenters. The first-order valence-electron chi connectivity index (χ1n) is 8.00. The number of hydrogen-bond donors (Lipinski definition) is 1.